The number of carbonyl (C=O) groups excluding carboxylic acids is 5. The summed E-state index contributed by atoms with van der Waals surface area (Å²) < 4.78 is 41.4. The van der Waals surface area contributed by atoms with Crippen molar-refractivity contribution in [2.45, 2.75) is 108 Å². The maximum atomic E-state index is 14.3. The molecule has 0 unspecified atom stereocenters. The van der Waals surface area contributed by atoms with Crippen molar-refractivity contribution in [2.75, 3.05) is 11.3 Å². The van der Waals surface area contributed by atoms with Crippen LogP contribution in [0.1, 0.15) is 76.8 Å². The number of anilines is 1. The van der Waals surface area contributed by atoms with Crippen molar-refractivity contribution in [3.8, 4) is 0 Å². The molecule has 0 spiro atoms. The molecule has 2 fully saturated rings. The number of aromatic nitrogens is 1. The molecule has 1 aromatic carbocycles. The normalized spacial score (nSPS) is 26.2. The standard InChI is InChI=1S/C35H45N7O9S2/c1-34(2,3)51-32(46)37-26-14-8-6-4-5-7-13-24-18-35(24,30(45)39-53(48,49)40-31-36-15-16-52-31)38-28(43)27-17-25(21-42(27)29(26)44)50-33(47)41-19-22-11-9-10-12-23(22)20-41/h7,9-13,15-16,24-27H,4-6,8,14,17-21H2,1-3H3,(H,36,40)(H,37,46)(H,38,43)(H,39,45)/t24-,25-,26+,27+,35-/m1/s1. The van der Waals surface area contributed by atoms with Crippen LogP contribution in [0.25, 0.3) is 0 Å². The average molecular weight is 772 g/mol. The van der Waals surface area contributed by atoms with Gasteiger partial charge in [-0.15, -0.1) is 11.3 Å². The summed E-state index contributed by atoms with van der Waals surface area (Å²) in [6, 6.07) is 5.37. The minimum absolute atomic E-state index is 0.0502. The van der Waals surface area contributed by atoms with E-state index in [-0.39, 0.29) is 30.9 Å². The molecule has 1 aliphatic carbocycles. The molecule has 16 nitrogen and oxygen atoms in total. The number of hydrogen-bond acceptors (Lipinski definition) is 11. The van der Waals surface area contributed by atoms with Gasteiger partial charge in [-0.25, -0.2) is 24.0 Å². The quantitative estimate of drug-likeness (QED) is 0.316. The number of alkyl carbamates (subject to hydrolysis) is 1. The summed E-state index contributed by atoms with van der Waals surface area (Å²) in [5.41, 5.74) is -0.475. The van der Waals surface area contributed by atoms with Crippen molar-refractivity contribution < 1.29 is 41.9 Å². The van der Waals surface area contributed by atoms with Gasteiger partial charge in [-0.2, -0.15) is 8.42 Å². The van der Waals surface area contributed by atoms with E-state index in [2.05, 4.69) is 20.3 Å². The molecule has 2 aromatic rings. The molecule has 3 aliphatic heterocycles. The summed E-state index contributed by atoms with van der Waals surface area (Å²) in [5, 5.41) is 7.08. The zero-order chi connectivity index (χ0) is 38.0. The highest BCUT2D eigenvalue weighted by molar-refractivity contribution is 7.91. The van der Waals surface area contributed by atoms with Crippen LogP contribution in [-0.4, -0.2) is 89.0 Å². The third-order valence-electron chi connectivity index (χ3n) is 9.58. The van der Waals surface area contributed by atoms with Crippen molar-refractivity contribution in [1.82, 2.24) is 30.1 Å². The second-order valence-corrected chi connectivity index (χ2v) is 17.1. The number of nitrogens with zero attached hydrogens (tertiary/aromatic N) is 3. The predicted octanol–water partition coefficient (Wildman–Crippen LogP) is 3.33. The molecule has 4 heterocycles. The molecule has 4 N–H and O–H groups in total. The first-order valence-electron chi connectivity index (χ1n) is 17.7. The second-order valence-electron chi connectivity index (χ2n) is 14.8. The number of allylic oxidation sites excluding steroid dienone is 1. The first kappa shape index (κ1) is 38.0. The Labute approximate surface area is 312 Å². The highest BCUT2D eigenvalue weighted by atomic mass is 32.2. The molecule has 53 heavy (non-hydrogen) atoms. The maximum Gasteiger partial charge on any atom is 0.410 e. The summed E-state index contributed by atoms with van der Waals surface area (Å²) in [4.78, 5) is 75.3. The summed E-state index contributed by atoms with van der Waals surface area (Å²) in [5.74, 6) is -2.78. The molecule has 1 saturated carbocycles. The van der Waals surface area contributed by atoms with Crippen LogP contribution in [0, 0.1) is 5.92 Å². The molecule has 1 aromatic heterocycles. The van der Waals surface area contributed by atoms with Gasteiger partial charge in [-0.1, -0.05) is 49.3 Å². The van der Waals surface area contributed by atoms with Crippen LogP contribution in [0.4, 0.5) is 14.7 Å². The Morgan fingerprint density at radius 1 is 1.08 bits per heavy atom. The number of nitrogens with one attached hydrogen (secondary N) is 4. The van der Waals surface area contributed by atoms with E-state index >= 15 is 0 Å². The van der Waals surface area contributed by atoms with Crippen LogP contribution in [0.2, 0.25) is 0 Å². The van der Waals surface area contributed by atoms with E-state index < -0.39 is 75.4 Å². The largest absolute Gasteiger partial charge is 0.444 e. The monoisotopic (exact) mass is 771 g/mol. The molecule has 6 rings (SSSR count). The zero-order valence-electron chi connectivity index (χ0n) is 29.8. The Kier molecular flexibility index (Phi) is 11.0. The molecular formula is C35H45N7O9S2. The van der Waals surface area contributed by atoms with Crippen molar-refractivity contribution in [2.24, 2.45) is 5.92 Å². The maximum absolute atomic E-state index is 14.3. The summed E-state index contributed by atoms with van der Waals surface area (Å²) in [6.45, 7) is 5.66. The van der Waals surface area contributed by atoms with Gasteiger partial charge in [0.05, 0.1) is 6.54 Å². The smallest absolute Gasteiger partial charge is 0.410 e. The van der Waals surface area contributed by atoms with E-state index in [1.165, 1.54) is 16.0 Å². The minimum atomic E-state index is -4.41. The number of fused-ring (bicyclic) bond motifs is 3. The fourth-order valence-corrected chi connectivity index (χ4v) is 8.58. The van der Waals surface area contributed by atoms with Crippen LogP contribution in [0.5, 0.6) is 0 Å². The number of carbonyl (C=O) groups is 5. The molecule has 1 saturated heterocycles. The van der Waals surface area contributed by atoms with Crippen LogP contribution in [0.3, 0.4) is 0 Å². The van der Waals surface area contributed by atoms with Crippen molar-refractivity contribution >= 4 is 56.6 Å². The first-order chi connectivity index (χ1) is 25.1. The van der Waals surface area contributed by atoms with Crippen LogP contribution < -0.4 is 20.1 Å². The number of amides is 5. The fraction of sp³-hybridized carbons (Fsp3) is 0.543. The predicted molar refractivity (Wildman–Crippen MR) is 193 cm³/mol. The Bertz CT molecular complexity index is 1840. The van der Waals surface area contributed by atoms with E-state index in [1.54, 1.807) is 32.2 Å². The van der Waals surface area contributed by atoms with Crippen molar-refractivity contribution in [1.29, 1.82) is 0 Å². The lowest BCUT2D eigenvalue weighted by molar-refractivity contribution is -0.141. The number of hydrogen-bond donors (Lipinski definition) is 4. The van der Waals surface area contributed by atoms with E-state index in [0.717, 1.165) is 35.3 Å². The van der Waals surface area contributed by atoms with Gasteiger partial charge in [-0.05, 0) is 57.6 Å². The summed E-state index contributed by atoms with van der Waals surface area (Å²) >= 11 is 1.03. The van der Waals surface area contributed by atoms with Gasteiger partial charge >= 0.3 is 22.4 Å². The fourth-order valence-electron chi connectivity index (χ4n) is 6.92. The minimum Gasteiger partial charge on any atom is -0.444 e. The van der Waals surface area contributed by atoms with Crippen LogP contribution in [-0.2, 0) is 47.2 Å². The van der Waals surface area contributed by atoms with Gasteiger partial charge in [0.15, 0.2) is 5.13 Å². The SMILES string of the molecule is CC(C)(C)OC(=O)N[C@H]1CCCCCC=C[C@@H]2C[C@@]2(C(=O)NS(=O)(=O)Nc2nccs2)NC(=O)[C@@H]2C[C@@H](OC(=O)N3Cc4ccccc4C3)CN2C1=O. The lowest BCUT2D eigenvalue weighted by Crippen LogP contribution is -2.58. The lowest BCUT2D eigenvalue weighted by atomic mass is 10.0. The molecule has 4 aliphatic rings. The Morgan fingerprint density at radius 3 is 2.49 bits per heavy atom. The molecule has 18 heteroatoms. The third kappa shape index (κ3) is 9.27. The van der Waals surface area contributed by atoms with Gasteiger partial charge < -0.3 is 25.0 Å². The highest BCUT2D eigenvalue weighted by Gasteiger charge is 2.61. The van der Waals surface area contributed by atoms with Crippen molar-refractivity contribution in [3.63, 3.8) is 0 Å². The third-order valence-corrected chi connectivity index (χ3v) is 11.3. The van der Waals surface area contributed by atoms with E-state index in [0.29, 0.717) is 25.9 Å². The van der Waals surface area contributed by atoms with E-state index in [4.69, 9.17) is 9.47 Å². The van der Waals surface area contributed by atoms with Gasteiger partial charge in [0.25, 0.3) is 5.91 Å². The topological polar surface area (TPSA) is 205 Å². The van der Waals surface area contributed by atoms with E-state index in [9.17, 15) is 32.4 Å². The second kappa shape index (κ2) is 15.3. The lowest BCUT2D eigenvalue weighted by Gasteiger charge is -2.30. The number of benzene rings is 1. The van der Waals surface area contributed by atoms with Gasteiger partial charge in [-0.3, -0.25) is 19.3 Å². The molecule has 5 atom stereocenters. The molecular weight excluding hydrogens is 727 g/mol. The summed E-state index contributed by atoms with van der Waals surface area (Å²) in [7, 11) is -4.41. The van der Waals surface area contributed by atoms with Gasteiger partial charge in [0, 0.05) is 37.0 Å². The zero-order valence-corrected chi connectivity index (χ0v) is 31.5. The van der Waals surface area contributed by atoms with Crippen LogP contribution >= 0.6 is 11.3 Å². The Balaban J connectivity index is 1.25. The average Bonchev–Trinajstić information content (AvgIpc) is 3.49. The van der Waals surface area contributed by atoms with Gasteiger partial charge in [0.1, 0.15) is 29.3 Å². The molecule has 0 radical (unpaired) electrons. The first-order valence-corrected chi connectivity index (χ1v) is 20.0. The van der Waals surface area contributed by atoms with E-state index in [1.807, 2.05) is 35.1 Å². The summed E-state index contributed by atoms with van der Waals surface area (Å²) in [6.07, 6.45) is 5.79. The molecule has 0 bridgehead atoms. The molecule has 5 amide bonds. The van der Waals surface area contributed by atoms with Crippen LogP contribution in [0.15, 0.2) is 48.0 Å². The number of rotatable bonds is 6. The number of thiazole rings is 1. The van der Waals surface area contributed by atoms with Gasteiger partial charge in [0.2, 0.25) is 11.8 Å². The molecule has 286 valence electrons. The highest BCUT2D eigenvalue weighted by Crippen LogP contribution is 2.46. The Hall–Kier alpha value is -4.71. The number of ether oxygens (including phenoxy) is 2. The Morgan fingerprint density at radius 2 is 1.81 bits per heavy atom. The van der Waals surface area contributed by atoms with Crippen molar-refractivity contribution in [3.05, 3.63) is 59.1 Å².